The first-order chi connectivity index (χ1) is 10.7. The summed E-state index contributed by atoms with van der Waals surface area (Å²) in [7, 11) is 0. The Hall–Kier alpha value is -2.46. The van der Waals surface area contributed by atoms with Crippen LogP contribution in [0.3, 0.4) is 0 Å². The van der Waals surface area contributed by atoms with Crippen LogP contribution in [-0.4, -0.2) is 15.0 Å². The van der Waals surface area contributed by atoms with Crippen LogP contribution in [0, 0.1) is 13.8 Å². The van der Waals surface area contributed by atoms with Gasteiger partial charge < -0.3 is 5.73 Å². The van der Waals surface area contributed by atoms with Crippen molar-refractivity contribution in [2.45, 2.75) is 26.9 Å². The van der Waals surface area contributed by atoms with Crippen molar-refractivity contribution in [1.82, 2.24) is 15.0 Å². The lowest BCUT2D eigenvalue weighted by Gasteiger charge is -2.10. The van der Waals surface area contributed by atoms with Gasteiger partial charge in [0.2, 0.25) is 0 Å². The van der Waals surface area contributed by atoms with Crippen molar-refractivity contribution >= 4 is 0 Å². The van der Waals surface area contributed by atoms with Gasteiger partial charge in [-0.2, -0.15) is 0 Å². The van der Waals surface area contributed by atoms with Crippen molar-refractivity contribution in [3.63, 3.8) is 0 Å². The van der Waals surface area contributed by atoms with Crippen LogP contribution in [0.2, 0.25) is 0 Å². The first-order valence-electron chi connectivity index (χ1n) is 7.43. The fraction of sp³-hybridized carbons (Fsp3) is 0.222. The SMILES string of the molecule is Cc1ccc(-c2c(CN)nnn2Cc2ccccc2)cc1C. The van der Waals surface area contributed by atoms with Crippen molar-refractivity contribution < 1.29 is 0 Å². The summed E-state index contributed by atoms with van der Waals surface area (Å²) in [6, 6.07) is 16.7. The molecular formula is C18H20N4. The fourth-order valence-electron chi connectivity index (χ4n) is 2.56. The highest BCUT2D eigenvalue weighted by molar-refractivity contribution is 5.63. The van der Waals surface area contributed by atoms with Crippen molar-refractivity contribution in [3.8, 4) is 11.3 Å². The summed E-state index contributed by atoms with van der Waals surface area (Å²) in [6.45, 7) is 5.31. The molecule has 0 amide bonds. The number of hydrogen-bond donors (Lipinski definition) is 1. The highest BCUT2D eigenvalue weighted by atomic mass is 15.4. The van der Waals surface area contributed by atoms with E-state index in [1.54, 1.807) is 0 Å². The van der Waals surface area contributed by atoms with E-state index >= 15 is 0 Å². The van der Waals surface area contributed by atoms with Crippen LogP contribution in [0.1, 0.15) is 22.4 Å². The highest BCUT2D eigenvalue weighted by Gasteiger charge is 2.14. The molecule has 1 heterocycles. The molecule has 22 heavy (non-hydrogen) atoms. The van der Waals surface area contributed by atoms with Crippen LogP contribution in [-0.2, 0) is 13.1 Å². The second kappa shape index (κ2) is 6.12. The highest BCUT2D eigenvalue weighted by Crippen LogP contribution is 2.25. The van der Waals surface area contributed by atoms with Gasteiger partial charge in [-0.1, -0.05) is 47.7 Å². The van der Waals surface area contributed by atoms with Crippen LogP contribution in [0.5, 0.6) is 0 Å². The predicted octanol–water partition coefficient (Wildman–Crippen LogP) is 3.07. The molecule has 0 aliphatic carbocycles. The number of hydrogen-bond acceptors (Lipinski definition) is 3. The summed E-state index contributed by atoms with van der Waals surface area (Å²) in [5.41, 5.74) is 12.5. The molecule has 0 aliphatic rings. The lowest BCUT2D eigenvalue weighted by Crippen LogP contribution is -2.06. The van der Waals surface area contributed by atoms with E-state index in [1.165, 1.54) is 16.7 Å². The average molecular weight is 292 g/mol. The van der Waals surface area contributed by atoms with Gasteiger partial charge in [0.15, 0.2) is 0 Å². The molecule has 1 aromatic heterocycles. The third kappa shape index (κ3) is 2.78. The van der Waals surface area contributed by atoms with Gasteiger partial charge in [-0.15, -0.1) is 5.10 Å². The van der Waals surface area contributed by atoms with Gasteiger partial charge in [-0.3, -0.25) is 0 Å². The van der Waals surface area contributed by atoms with Gasteiger partial charge in [-0.25, -0.2) is 4.68 Å². The van der Waals surface area contributed by atoms with E-state index in [2.05, 4.69) is 54.5 Å². The number of aryl methyl sites for hydroxylation is 2. The molecule has 4 nitrogen and oxygen atoms in total. The van der Waals surface area contributed by atoms with Gasteiger partial charge in [0.05, 0.1) is 12.2 Å². The minimum absolute atomic E-state index is 0.386. The number of benzene rings is 2. The Morgan fingerprint density at radius 2 is 1.77 bits per heavy atom. The van der Waals surface area contributed by atoms with Crippen molar-refractivity contribution in [2.24, 2.45) is 5.73 Å². The number of aromatic nitrogens is 3. The quantitative estimate of drug-likeness (QED) is 0.804. The standard InChI is InChI=1S/C18H20N4/c1-13-8-9-16(10-14(13)2)18-17(11-19)20-21-22(18)12-15-6-4-3-5-7-15/h3-10H,11-12,19H2,1-2H3. The third-order valence-electron chi connectivity index (χ3n) is 3.95. The molecule has 0 unspecified atom stereocenters. The first kappa shape index (κ1) is 14.5. The smallest absolute Gasteiger partial charge is 0.104 e. The van der Waals surface area contributed by atoms with E-state index in [1.807, 2.05) is 22.9 Å². The van der Waals surface area contributed by atoms with Crippen molar-refractivity contribution in [3.05, 3.63) is 70.9 Å². The summed E-state index contributed by atoms with van der Waals surface area (Å²) in [4.78, 5) is 0. The molecule has 0 fully saturated rings. The lowest BCUT2D eigenvalue weighted by molar-refractivity contribution is 0.655. The molecule has 4 heteroatoms. The molecule has 0 saturated heterocycles. The van der Waals surface area contributed by atoms with Crippen LogP contribution >= 0.6 is 0 Å². The Kier molecular flexibility index (Phi) is 4.02. The molecule has 112 valence electrons. The molecule has 2 N–H and O–H groups in total. The predicted molar refractivity (Wildman–Crippen MR) is 88.4 cm³/mol. The maximum absolute atomic E-state index is 5.85. The van der Waals surface area contributed by atoms with Crippen LogP contribution < -0.4 is 5.73 Å². The Morgan fingerprint density at radius 3 is 2.45 bits per heavy atom. The summed E-state index contributed by atoms with van der Waals surface area (Å²) in [5, 5.41) is 8.54. The largest absolute Gasteiger partial charge is 0.325 e. The Morgan fingerprint density at radius 1 is 1.00 bits per heavy atom. The van der Waals surface area contributed by atoms with Gasteiger partial charge in [0.1, 0.15) is 5.69 Å². The monoisotopic (exact) mass is 292 g/mol. The molecule has 0 radical (unpaired) electrons. The van der Waals surface area contributed by atoms with Crippen LogP contribution in [0.25, 0.3) is 11.3 Å². The van der Waals surface area contributed by atoms with E-state index in [4.69, 9.17) is 5.73 Å². The molecule has 0 bridgehead atoms. The Balaban J connectivity index is 2.05. The zero-order valence-electron chi connectivity index (χ0n) is 13.0. The molecule has 0 spiro atoms. The molecule has 0 aliphatic heterocycles. The Labute approximate surface area is 130 Å². The van der Waals surface area contributed by atoms with Gasteiger partial charge in [-0.05, 0) is 36.6 Å². The Bertz CT molecular complexity index is 775. The van der Waals surface area contributed by atoms with E-state index in [9.17, 15) is 0 Å². The van der Waals surface area contributed by atoms with E-state index in [0.717, 1.165) is 17.0 Å². The zero-order valence-corrected chi connectivity index (χ0v) is 13.0. The van der Waals surface area contributed by atoms with E-state index in [0.29, 0.717) is 13.1 Å². The second-order valence-corrected chi connectivity index (χ2v) is 5.53. The number of rotatable bonds is 4. The lowest BCUT2D eigenvalue weighted by atomic mass is 10.0. The maximum atomic E-state index is 5.85. The fourth-order valence-corrected chi connectivity index (χ4v) is 2.56. The summed E-state index contributed by atoms with van der Waals surface area (Å²) in [5.74, 6) is 0. The molecular weight excluding hydrogens is 272 g/mol. The summed E-state index contributed by atoms with van der Waals surface area (Å²) < 4.78 is 1.93. The van der Waals surface area contributed by atoms with Gasteiger partial charge in [0.25, 0.3) is 0 Å². The van der Waals surface area contributed by atoms with Crippen LogP contribution in [0.15, 0.2) is 48.5 Å². The van der Waals surface area contributed by atoms with Gasteiger partial charge in [0, 0.05) is 12.1 Å². The molecule has 3 aromatic rings. The topological polar surface area (TPSA) is 56.7 Å². The van der Waals surface area contributed by atoms with E-state index < -0.39 is 0 Å². The van der Waals surface area contributed by atoms with Crippen molar-refractivity contribution in [2.75, 3.05) is 0 Å². The van der Waals surface area contributed by atoms with Crippen molar-refractivity contribution in [1.29, 1.82) is 0 Å². The minimum atomic E-state index is 0.386. The molecule has 0 saturated carbocycles. The molecule has 2 aromatic carbocycles. The molecule has 3 rings (SSSR count). The number of nitrogens with zero attached hydrogens (tertiary/aromatic N) is 3. The van der Waals surface area contributed by atoms with Crippen LogP contribution in [0.4, 0.5) is 0 Å². The minimum Gasteiger partial charge on any atom is -0.325 e. The normalized spacial score (nSPS) is 10.9. The second-order valence-electron chi connectivity index (χ2n) is 5.53. The average Bonchev–Trinajstić information content (AvgIpc) is 2.94. The number of nitrogens with two attached hydrogens (primary N) is 1. The third-order valence-corrected chi connectivity index (χ3v) is 3.95. The molecule has 0 atom stereocenters. The summed E-state index contributed by atoms with van der Waals surface area (Å²) in [6.07, 6.45) is 0. The maximum Gasteiger partial charge on any atom is 0.104 e. The first-order valence-corrected chi connectivity index (χ1v) is 7.43. The van der Waals surface area contributed by atoms with Gasteiger partial charge >= 0.3 is 0 Å². The summed E-state index contributed by atoms with van der Waals surface area (Å²) >= 11 is 0. The van der Waals surface area contributed by atoms with E-state index in [-0.39, 0.29) is 0 Å². The zero-order chi connectivity index (χ0) is 15.5.